The fourth-order valence-corrected chi connectivity index (χ4v) is 2.96. The fraction of sp³-hybridized carbons (Fsp3) is 0.0909. The molecular weight excluding hydrogens is 392 g/mol. The maximum Gasteiger partial charge on any atom is 0.279 e. The minimum absolute atomic E-state index is 0. The van der Waals surface area contributed by atoms with Crippen LogP contribution in [0.5, 0.6) is 0 Å². The molecule has 0 saturated carbocycles. The van der Waals surface area contributed by atoms with Crippen LogP contribution in [0, 0.1) is 19.1 Å². The SMILES string of the molecule is Cc1ccc(-c2[c-]cc3ccccc3c2)[c-]c1-c1ccnc[n+]1C.[B].[Y]. The molecule has 0 bridgehead atoms. The van der Waals surface area contributed by atoms with Gasteiger partial charge in [-0.15, -0.1) is 28.5 Å². The molecule has 0 fully saturated rings. The van der Waals surface area contributed by atoms with Crippen molar-refractivity contribution in [3.05, 3.63) is 84.8 Å². The van der Waals surface area contributed by atoms with E-state index < -0.39 is 0 Å². The Kier molecular flexibility index (Phi) is 6.86. The molecule has 0 saturated heterocycles. The zero-order valence-corrected chi connectivity index (χ0v) is 17.7. The van der Waals surface area contributed by atoms with Crippen LogP contribution in [-0.2, 0) is 39.8 Å². The molecule has 0 N–H and O–H groups in total. The Morgan fingerprint density at radius 2 is 1.73 bits per heavy atom. The van der Waals surface area contributed by atoms with Crippen LogP contribution >= 0.6 is 0 Å². The van der Waals surface area contributed by atoms with Crippen molar-refractivity contribution in [2.45, 2.75) is 6.92 Å². The molecule has 0 unspecified atom stereocenters. The van der Waals surface area contributed by atoms with Crippen LogP contribution < -0.4 is 4.57 Å². The van der Waals surface area contributed by atoms with Crippen LogP contribution in [0.25, 0.3) is 33.2 Å². The van der Waals surface area contributed by atoms with Crippen LogP contribution in [0.1, 0.15) is 5.56 Å². The summed E-state index contributed by atoms with van der Waals surface area (Å²) < 4.78 is 2.02. The summed E-state index contributed by atoms with van der Waals surface area (Å²) in [4.78, 5) is 4.16. The smallest absolute Gasteiger partial charge is 0.266 e. The predicted molar refractivity (Wildman–Crippen MR) is 102 cm³/mol. The molecule has 3 aromatic carbocycles. The molecular formula is C22H17BN2Y-. The third-order valence-corrected chi connectivity index (χ3v) is 4.32. The second-order valence-electron chi connectivity index (χ2n) is 5.98. The first kappa shape index (κ1) is 20.5. The van der Waals surface area contributed by atoms with Gasteiger partial charge >= 0.3 is 0 Å². The minimum Gasteiger partial charge on any atom is -0.266 e. The molecule has 0 spiro atoms. The van der Waals surface area contributed by atoms with E-state index in [1.165, 1.54) is 16.3 Å². The van der Waals surface area contributed by atoms with Crippen molar-refractivity contribution in [1.29, 1.82) is 0 Å². The summed E-state index contributed by atoms with van der Waals surface area (Å²) in [5.74, 6) is 0. The second kappa shape index (κ2) is 8.70. The van der Waals surface area contributed by atoms with Crippen molar-refractivity contribution >= 4 is 19.2 Å². The van der Waals surface area contributed by atoms with Gasteiger partial charge in [-0.05, 0) is 6.07 Å². The maximum absolute atomic E-state index is 4.16. The number of fused-ring (bicyclic) bond motifs is 1. The number of nitrogens with zero attached hydrogens (tertiary/aromatic N) is 2. The summed E-state index contributed by atoms with van der Waals surface area (Å²) in [6.07, 6.45) is 3.63. The summed E-state index contributed by atoms with van der Waals surface area (Å²) in [6.45, 7) is 2.11. The average molecular weight is 409 g/mol. The largest absolute Gasteiger partial charge is 0.279 e. The Labute approximate surface area is 181 Å². The third kappa shape index (κ3) is 3.95. The van der Waals surface area contributed by atoms with Crippen molar-refractivity contribution in [2.24, 2.45) is 7.05 Å². The van der Waals surface area contributed by atoms with Gasteiger partial charge in [-0.2, -0.15) is 29.8 Å². The van der Waals surface area contributed by atoms with E-state index in [1.807, 2.05) is 36.3 Å². The summed E-state index contributed by atoms with van der Waals surface area (Å²) in [6, 6.07) is 25.8. The fourth-order valence-electron chi connectivity index (χ4n) is 2.96. The van der Waals surface area contributed by atoms with E-state index in [0.29, 0.717) is 0 Å². The summed E-state index contributed by atoms with van der Waals surface area (Å²) in [7, 11) is 2.00. The number of benzene rings is 3. The monoisotopic (exact) mass is 409 g/mol. The topological polar surface area (TPSA) is 16.8 Å². The van der Waals surface area contributed by atoms with Gasteiger partial charge in [-0.25, -0.2) is 5.56 Å². The minimum atomic E-state index is 0. The van der Waals surface area contributed by atoms with Crippen molar-refractivity contribution in [3.8, 4) is 22.4 Å². The standard InChI is InChI=1S/C22H17N2.B.Y/c1-16-7-8-20(14-21(16)22-11-12-23-15-24(22)2)19-10-9-17-5-3-4-6-18(17)13-19;;/h3-9,11-13,15H,1-2H3;;/q-1;;. The second-order valence-corrected chi connectivity index (χ2v) is 5.98. The van der Waals surface area contributed by atoms with Crippen molar-refractivity contribution in [2.75, 3.05) is 0 Å². The molecule has 4 heteroatoms. The van der Waals surface area contributed by atoms with Crippen LogP contribution in [-0.4, -0.2) is 13.4 Å². The molecule has 0 aliphatic rings. The van der Waals surface area contributed by atoms with E-state index in [-0.39, 0.29) is 41.1 Å². The Morgan fingerprint density at radius 1 is 0.962 bits per heavy atom. The van der Waals surface area contributed by atoms with E-state index in [9.17, 15) is 0 Å². The molecule has 2 nitrogen and oxygen atoms in total. The normalized spacial score (nSPS) is 10.1. The van der Waals surface area contributed by atoms with Crippen molar-refractivity contribution in [3.63, 3.8) is 0 Å². The predicted octanol–water partition coefficient (Wildman–Crippen LogP) is 3.92. The molecule has 0 atom stereocenters. The third-order valence-electron chi connectivity index (χ3n) is 4.32. The number of aryl methyl sites for hydroxylation is 2. The van der Waals surface area contributed by atoms with Gasteiger partial charge in [0.15, 0.2) is 0 Å². The van der Waals surface area contributed by atoms with Gasteiger partial charge in [0.25, 0.3) is 6.33 Å². The molecule has 0 aliphatic carbocycles. The molecule has 122 valence electrons. The van der Waals surface area contributed by atoms with Crippen LogP contribution in [0.15, 0.2) is 67.1 Å². The zero-order valence-electron chi connectivity index (χ0n) is 14.9. The Bertz CT molecular complexity index is 1050. The Morgan fingerprint density at radius 3 is 2.50 bits per heavy atom. The quantitative estimate of drug-likeness (QED) is 0.279. The average Bonchev–Trinajstić information content (AvgIpc) is 2.62. The van der Waals surface area contributed by atoms with E-state index in [0.717, 1.165) is 22.4 Å². The van der Waals surface area contributed by atoms with E-state index in [1.54, 1.807) is 0 Å². The zero-order chi connectivity index (χ0) is 16.5. The molecule has 1 aromatic heterocycles. The van der Waals surface area contributed by atoms with Gasteiger partial charge in [0.2, 0.25) is 0 Å². The van der Waals surface area contributed by atoms with Gasteiger partial charge in [-0.1, -0.05) is 41.7 Å². The summed E-state index contributed by atoms with van der Waals surface area (Å²) in [5.41, 5.74) is 5.51. The van der Waals surface area contributed by atoms with Crippen molar-refractivity contribution < 1.29 is 37.3 Å². The Hall–Kier alpha value is -1.83. The molecule has 26 heavy (non-hydrogen) atoms. The van der Waals surface area contributed by atoms with Gasteiger partial charge in [0.1, 0.15) is 6.20 Å². The van der Waals surface area contributed by atoms with Crippen LogP contribution in [0.3, 0.4) is 0 Å². The summed E-state index contributed by atoms with van der Waals surface area (Å²) >= 11 is 0. The van der Waals surface area contributed by atoms with Gasteiger partial charge in [0.05, 0.1) is 12.7 Å². The van der Waals surface area contributed by atoms with E-state index in [4.69, 9.17) is 0 Å². The first-order valence-corrected chi connectivity index (χ1v) is 7.96. The molecule has 4 radical (unpaired) electrons. The Balaban J connectivity index is 0.00000121. The molecule has 4 rings (SSSR count). The van der Waals surface area contributed by atoms with E-state index in [2.05, 4.69) is 66.5 Å². The van der Waals surface area contributed by atoms with Crippen LogP contribution in [0.2, 0.25) is 0 Å². The van der Waals surface area contributed by atoms with Gasteiger partial charge < -0.3 is 0 Å². The first-order chi connectivity index (χ1) is 11.7. The number of rotatable bonds is 2. The van der Waals surface area contributed by atoms with Crippen molar-refractivity contribution in [1.82, 2.24) is 4.98 Å². The molecule has 4 aromatic rings. The first-order valence-electron chi connectivity index (χ1n) is 7.96. The van der Waals surface area contributed by atoms with Gasteiger partial charge in [-0.3, -0.25) is 4.57 Å². The number of hydrogen-bond donors (Lipinski definition) is 0. The van der Waals surface area contributed by atoms with Gasteiger partial charge in [0, 0.05) is 41.1 Å². The maximum atomic E-state index is 4.16. The van der Waals surface area contributed by atoms with E-state index >= 15 is 0 Å². The number of aromatic nitrogens is 2. The summed E-state index contributed by atoms with van der Waals surface area (Å²) in [5, 5.41) is 2.42. The molecule has 0 amide bonds. The molecule has 0 aliphatic heterocycles. The van der Waals surface area contributed by atoms with Crippen LogP contribution in [0.4, 0.5) is 0 Å². The number of hydrogen-bond acceptors (Lipinski definition) is 1. The molecule has 1 heterocycles.